The van der Waals surface area contributed by atoms with Crippen molar-refractivity contribution in [2.75, 3.05) is 4.72 Å². The van der Waals surface area contributed by atoms with Crippen LogP contribution in [0.5, 0.6) is 0 Å². The minimum absolute atomic E-state index is 0.119. The largest absolute Gasteiger partial charge is 0.289 e. The Morgan fingerprint density at radius 1 is 0.897 bits per heavy atom. The lowest BCUT2D eigenvalue weighted by Gasteiger charge is -2.16. The van der Waals surface area contributed by atoms with E-state index < -0.39 is 38.4 Å². The fraction of sp³-hybridized carbons (Fsp3) is 0.0500. The summed E-state index contributed by atoms with van der Waals surface area (Å²) in [5.41, 5.74) is 2.87. The Morgan fingerprint density at radius 2 is 1.52 bits per heavy atom. The number of hydrogen-bond donors (Lipinski definition) is 3. The lowest BCUT2D eigenvalue weighted by molar-refractivity contribution is -0.129. The van der Waals surface area contributed by atoms with Crippen LogP contribution in [0, 0.1) is 11.6 Å². The van der Waals surface area contributed by atoms with Gasteiger partial charge in [-0.05, 0) is 35.4 Å². The first kappa shape index (κ1) is 20.4. The van der Waals surface area contributed by atoms with Gasteiger partial charge in [-0.15, -0.1) is 0 Å². The second kappa shape index (κ2) is 8.38. The Bertz CT molecular complexity index is 1120. The Balaban J connectivity index is 1.88. The van der Waals surface area contributed by atoms with Crippen molar-refractivity contribution in [3.63, 3.8) is 0 Å². The van der Waals surface area contributed by atoms with Crippen molar-refractivity contribution in [3.8, 4) is 0 Å². The van der Waals surface area contributed by atoms with Gasteiger partial charge in [0.2, 0.25) is 0 Å². The number of nitrogens with one attached hydrogen (secondary N) is 2. The molecule has 0 spiro atoms. The lowest BCUT2D eigenvalue weighted by Crippen LogP contribution is -2.27. The van der Waals surface area contributed by atoms with Crippen molar-refractivity contribution in [1.82, 2.24) is 5.48 Å². The van der Waals surface area contributed by atoms with Gasteiger partial charge in [0, 0.05) is 11.8 Å². The standard InChI is InChI=1S/C20H16F2N2O4S/c21-15-8-11-18(17(22)12-15)29(27,28)24-16-9-6-14(7-10-16)19(20(25)23-26)13-4-2-1-3-5-13/h1-12,19,24,26H,(H,23,25). The van der Waals surface area contributed by atoms with Crippen LogP contribution in [0.25, 0.3) is 0 Å². The molecular formula is C20H16F2N2O4S. The molecule has 0 aliphatic rings. The smallest absolute Gasteiger partial charge is 0.264 e. The van der Waals surface area contributed by atoms with Gasteiger partial charge >= 0.3 is 0 Å². The van der Waals surface area contributed by atoms with Gasteiger partial charge in [-0.3, -0.25) is 14.7 Å². The molecular weight excluding hydrogens is 402 g/mol. The summed E-state index contributed by atoms with van der Waals surface area (Å²) in [7, 11) is -4.28. The first-order valence-electron chi connectivity index (χ1n) is 8.38. The van der Waals surface area contributed by atoms with Crippen LogP contribution in [0.4, 0.5) is 14.5 Å². The van der Waals surface area contributed by atoms with Crippen LogP contribution in [-0.2, 0) is 14.8 Å². The predicted octanol–water partition coefficient (Wildman–Crippen LogP) is 3.40. The zero-order chi connectivity index (χ0) is 21.0. The summed E-state index contributed by atoms with van der Waals surface area (Å²) in [6, 6.07) is 16.7. The van der Waals surface area contributed by atoms with E-state index in [2.05, 4.69) is 4.72 Å². The van der Waals surface area contributed by atoms with Crippen LogP contribution in [0.15, 0.2) is 77.7 Å². The number of carbonyl (C=O) groups is 1. The van der Waals surface area contributed by atoms with Crippen LogP contribution in [-0.4, -0.2) is 19.5 Å². The quantitative estimate of drug-likeness (QED) is 0.422. The SMILES string of the molecule is O=C(NO)C(c1ccccc1)c1ccc(NS(=O)(=O)c2ccc(F)cc2F)cc1. The number of sulfonamides is 1. The second-order valence-corrected chi connectivity index (χ2v) is 7.77. The Labute approximate surface area is 165 Å². The molecule has 29 heavy (non-hydrogen) atoms. The van der Waals surface area contributed by atoms with Crippen molar-refractivity contribution in [2.45, 2.75) is 10.8 Å². The lowest BCUT2D eigenvalue weighted by atomic mass is 9.90. The molecule has 6 nitrogen and oxygen atoms in total. The average Bonchev–Trinajstić information content (AvgIpc) is 2.69. The van der Waals surface area contributed by atoms with Crippen molar-refractivity contribution < 1.29 is 27.2 Å². The van der Waals surface area contributed by atoms with Gasteiger partial charge in [0.1, 0.15) is 16.5 Å². The van der Waals surface area contributed by atoms with Gasteiger partial charge in [-0.2, -0.15) is 0 Å². The number of halogens is 2. The van der Waals surface area contributed by atoms with E-state index in [9.17, 15) is 22.0 Å². The van der Waals surface area contributed by atoms with Crippen LogP contribution >= 0.6 is 0 Å². The molecule has 0 aromatic heterocycles. The van der Waals surface area contributed by atoms with Gasteiger partial charge in [0.05, 0.1) is 5.92 Å². The van der Waals surface area contributed by atoms with E-state index in [0.29, 0.717) is 17.2 Å². The highest BCUT2D eigenvalue weighted by molar-refractivity contribution is 7.92. The first-order valence-corrected chi connectivity index (χ1v) is 9.87. The molecule has 150 valence electrons. The highest BCUT2D eigenvalue weighted by Crippen LogP contribution is 2.27. The molecule has 1 amide bonds. The highest BCUT2D eigenvalue weighted by atomic mass is 32.2. The van der Waals surface area contributed by atoms with Crippen molar-refractivity contribution in [1.29, 1.82) is 0 Å². The van der Waals surface area contributed by atoms with Crippen molar-refractivity contribution >= 4 is 21.6 Å². The van der Waals surface area contributed by atoms with Gasteiger partial charge < -0.3 is 0 Å². The third-order valence-electron chi connectivity index (χ3n) is 4.18. The number of hydrogen-bond acceptors (Lipinski definition) is 4. The van der Waals surface area contributed by atoms with E-state index in [4.69, 9.17) is 5.21 Å². The molecule has 0 heterocycles. The van der Waals surface area contributed by atoms with Gasteiger partial charge in [-0.25, -0.2) is 22.7 Å². The van der Waals surface area contributed by atoms with E-state index in [1.165, 1.54) is 24.3 Å². The molecule has 3 N–H and O–H groups in total. The minimum atomic E-state index is -4.28. The van der Waals surface area contributed by atoms with Crippen molar-refractivity contribution in [2.24, 2.45) is 0 Å². The molecule has 9 heteroatoms. The molecule has 3 rings (SSSR count). The maximum absolute atomic E-state index is 13.8. The molecule has 0 saturated carbocycles. The molecule has 1 unspecified atom stereocenters. The molecule has 0 fully saturated rings. The number of benzene rings is 3. The first-order chi connectivity index (χ1) is 13.8. The third-order valence-corrected chi connectivity index (χ3v) is 5.60. The summed E-state index contributed by atoms with van der Waals surface area (Å²) in [5, 5.41) is 9.05. The summed E-state index contributed by atoms with van der Waals surface area (Å²) < 4.78 is 53.7. The number of hydroxylamine groups is 1. The number of rotatable bonds is 6. The monoisotopic (exact) mass is 418 g/mol. The van der Waals surface area contributed by atoms with Crippen LogP contribution in [0.1, 0.15) is 17.0 Å². The fourth-order valence-corrected chi connectivity index (χ4v) is 3.97. The minimum Gasteiger partial charge on any atom is -0.289 e. The Hall–Kier alpha value is -3.30. The molecule has 0 aliphatic carbocycles. The van der Waals surface area contributed by atoms with Gasteiger partial charge in [0.25, 0.3) is 15.9 Å². The summed E-state index contributed by atoms with van der Waals surface area (Å²) in [6.07, 6.45) is 0. The summed E-state index contributed by atoms with van der Waals surface area (Å²) in [5.74, 6) is -3.57. The van der Waals surface area contributed by atoms with Crippen molar-refractivity contribution in [3.05, 3.63) is 95.6 Å². The van der Waals surface area contributed by atoms with Crippen LogP contribution in [0.2, 0.25) is 0 Å². The van der Waals surface area contributed by atoms with E-state index in [1.807, 2.05) is 0 Å². The molecule has 1 atom stereocenters. The summed E-state index contributed by atoms with van der Waals surface area (Å²) >= 11 is 0. The summed E-state index contributed by atoms with van der Waals surface area (Å²) in [4.78, 5) is 11.4. The van der Waals surface area contributed by atoms with E-state index in [1.54, 1.807) is 35.8 Å². The molecule has 3 aromatic carbocycles. The number of amides is 1. The van der Waals surface area contributed by atoms with Gasteiger partial charge in [-0.1, -0.05) is 42.5 Å². The molecule has 0 aliphatic heterocycles. The van der Waals surface area contributed by atoms with Crippen LogP contribution < -0.4 is 10.2 Å². The molecule has 0 saturated heterocycles. The zero-order valence-corrected chi connectivity index (χ0v) is 15.7. The van der Waals surface area contributed by atoms with Gasteiger partial charge in [0.15, 0.2) is 0 Å². The third kappa shape index (κ3) is 4.58. The van der Waals surface area contributed by atoms with E-state index in [0.717, 1.165) is 12.1 Å². The highest BCUT2D eigenvalue weighted by Gasteiger charge is 2.23. The summed E-state index contributed by atoms with van der Waals surface area (Å²) in [6.45, 7) is 0. The van der Waals surface area contributed by atoms with E-state index >= 15 is 0 Å². The average molecular weight is 418 g/mol. The zero-order valence-electron chi connectivity index (χ0n) is 14.8. The topological polar surface area (TPSA) is 95.5 Å². The second-order valence-electron chi connectivity index (χ2n) is 6.12. The maximum atomic E-state index is 13.8. The maximum Gasteiger partial charge on any atom is 0.264 e. The molecule has 0 radical (unpaired) electrons. The number of carbonyl (C=O) groups excluding carboxylic acids is 1. The molecule has 0 bridgehead atoms. The number of anilines is 1. The normalized spacial score (nSPS) is 12.2. The molecule has 3 aromatic rings. The Kier molecular flexibility index (Phi) is 5.90. The van der Waals surface area contributed by atoms with Crippen LogP contribution in [0.3, 0.4) is 0 Å². The fourth-order valence-electron chi connectivity index (χ4n) is 2.85. The Morgan fingerprint density at radius 3 is 2.10 bits per heavy atom. The van der Waals surface area contributed by atoms with E-state index in [-0.39, 0.29) is 5.69 Å². The predicted molar refractivity (Wildman–Crippen MR) is 102 cm³/mol.